The fourth-order valence-electron chi connectivity index (χ4n) is 3.88. The zero-order valence-electron chi connectivity index (χ0n) is 13.9. The average Bonchev–Trinajstić information content (AvgIpc) is 3.17. The molecule has 0 spiro atoms. The van der Waals surface area contributed by atoms with Crippen molar-refractivity contribution in [3.8, 4) is 5.75 Å². The topological polar surface area (TPSA) is 70.1 Å². The molecule has 2 saturated heterocycles. The number of aryl methyl sites for hydroxylation is 1. The van der Waals surface area contributed by atoms with Crippen LogP contribution in [-0.2, 0) is 4.79 Å². The summed E-state index contributed by atoms with van der Waals surface area (Å²) in [4.78, 5) is 30.2. The van der Waals surface area contributed by atoms with Gasteiger partial charge in [0.15, 0.2) is 0 Å². The number of likely N-dealkylation sites (tertiary alicyclic amines) is 2. The van der Waals surface area contributed by atoms with Crippen LogP contribution in [0.25, 0.3) is 0 Å². The second-order valence-electron chi connectivity index (χ2n) is 6.58. The first-order valence-corrected chi connectivity index (χ1v) is 8.73. The number of thiophene rings is 1. The zero-order chi connectivity index (χ0) is 17.5. The third-order valence-corrected chi connectivity index (χ3v) is 6.04. The van der Waals surface area contributed by atoms with Gasteiger partial charge < -0.3 is 14.7 Å². The fourth-order valence-corrected chi connectivity index (χ4v) is 4.83. The van der Waals surface area contributed by atoms with Gasteiger partial charge in [-0.15, -0.1) is 17.9 Å². The monoisotopic (exact) mass is 350 g/mol. The summed E-state index contributed by atoms with van der Waals surface area (Å²) in [7, 11) is 1.54. The molecular weight excluding hydrogens is 328 g/mol. The Labute approximate surface area is 145 Å². The van der Waals surface area contributed by atoms with Crippen molar-refractivity contribution < 1.29 is 19.4 Å². The Morgan fingerprint density at radius 2 is 2.25 bits per heavy atom. The normalized spacial score (nSPS) is 26.4. The number of carboxylic acids is 1. The van der Waals surface area contributed by atoms with Crippen LogP contribution in [0, 0.1) is 18.3 Å². The number of nitrogens with zero attached hydrogens (tertiary/aromatic N) is 2. The molecule has 0 unspecified atom stereocenters. The van der Waals surface area contributed by atoms with E-state index < -0.39 is 11.4 Å². The first-order chi connectivity index (χ1) is 11.4. The predicted octanol–water partition coefficient (Wildman–Crippen LogP) is 1.71. The molecule has 1 aromatic heterocycles. The molecule has 1 aromatic rings. The minimum absolute atomic E-state index is 0.0500. The van der Waals surface area contributed by atoms with Crippen LogP contribution in [0.15, 0.2) is 18.7 Å². The molecule has 0 bridgehead atoms. The number of amides is 1. The van der Waals surface area contributed by atoms with Crippen LogP contribution in [0.1, 0.15) is 14.5 Å². The van der Waals surface area contributed by atoms with Crippen LogP contribution in [0.5, 0.6) is 5.75 Å². The smallest absolute Gasteiger partial charge is 0.313 e. The number of hydrogen-bond acceptors (Lipinski definition) is 5. The van der Waals surface area contributed by atoms with Crippen molar-refractivity contribution in [2.75, 3.05) is 39.8 Å². The highest BCUT2D eigenvalue weighted by atomic mass is 32.1. The number of rotatable bonds is 5. The van der Waals surface area contributed by atoms with E-state index >= 15 is 0 Å². The van der Waals surface area contributed by atoms with Gasteiger partial charge in [-0.1, -0.05) is 6.08 Å². The van der Waals surface area contributed by atoms with E-state index in [-0.39, 0.29) is 18.4 Å². The Morgan fingerprint density at radius 1 is 1.50 bits per heavy atom. The molecule has 2 aliphatic rings. The summed E-state index contributed by atoms with van der Waals surface area (Å²) in [5.74, 6) is -0.429. The Kier molecular flexibility index (Phi) is 4.40. The summed E-state index contributed by atoms with van der Waals surface area (Å²) in [5, 5.41) is 9.82. The summed E-state index contributed by atoms with van der Waals surface area (Å²) >= 11 is 1.39. The molecule has 0 aliphatic carbocycles. The van der Waals surface area contributed by atoms with Gasteiger partial charge in [-0.25, -0.2) is 0 Å². The van der Waals surface area contributed by atoms with Crippen LogP contribution in [0.4, 0.5) is 0 Å². The Hall–Kier alpha value is -1.86. The maximum absolute atomic E-state index is 12.9. The number of methoxy groups -OCH3 is 1. The Morgan fingerprint density at radius 3 is 2.83 bits per heavy atom. The average molecular weight is 350 g/mol. The SMILES string of the molecule is C=CCN1C[C@H]2CN(C(=O)c3sc(C)cc3OC)C[C@@]2(C(=O)O)C1. The van der Waals surface area contributed by atoms with Gasteiger partial charge in [-0.05, 0) is 13.0 Å². The van der Waals surface area contributed by atoms with E-state index in [1.807, 2.05) is 13.0 Å². The molecule has 2 atom stereocenters. The van der Waals surface area contributed by atoms with Crippen molar-refractivity contribution in [2.24, 2.45) is 11.3 Å². The molecule has 6 nitrogen and oxygen atoms in total. The van der Waals surface area contributed by atoms with E-state index in [4.69, 9.17) is 4.74 Å². The molecule has 3 rings (SSSR count). The number of carbonyl (C=O) groups excluding carboxylic acids is 1. The lowest BCUT2D eigenvalue weighted by Gasteiger charge is -2.25. The zero-order valence-corrected chi connectivity index (χ0v) is 14.8. The molecule has 0 saturated carbocycles. The number of hydrogen-bond donors (Lipinski definition) is 1. The van der Waals surface area contributed by atoms with Gasteiger partial charge in [-0.3, -0.25) is 14.5 Å². The van der Waals surface area contributed by atoms with Gasteiger partial charge in [0.2, 0.25) is 0 Å². The van der Waals surface area contributed by atoms with E-state index in [1.54, 1.807) is 18.1 Å². The molecular formula is C17H22N2O4S. The van der Waals surface area contributed by atoms with Gasteiger partial charge in [0, 0.05) is 43.5 Å². The van der Waals surface area contributed by atoms with Crippen molar-refractivity contribution >= 4 is 23.2 Å². The molecule has 7 heteroatoms. The highest BCUT2D eigenvalue weighted by molar-refractivity contribution is 7.14. The van der Waals surface area contributed by atoms with E-state index in [0.29, 0.717) is 36.8 Å². The molecule has 24 heavy (non-hydrogen) atoms. The first-order valence-electron chi connectivity index (χ1n) is 7.91. The summed E-state index contributed by atoms with van der Waals surface area (Å²) in [6, 6.07) is 1.84. The minimum Gasteiger partial charge on any atom is -0.495 e. The van der Waals surface area contributed by atoms with Crippen LogP contribution in [-0.4, -0.2) is 66.6 Å². The van der Waals surface area contributed by atoms with Crippen LogP contribution >= 0.6 is 11.3 Å². The lowest BCUT2D eigenvalue weighted by molar-refractivity contribution is -0.148. The molecule has 2 fully saturated rings. The van der Waals surface area contributed by atoms with Crippen LogP contribution < -0.4 is 4.74 Å². The molecule has 0 radical (unpaired) electrons. The quantitative estimate of drug-likeness (QED) is 0.819. The fraction of sp³-hybridized carbons (Fsp3) is 0.529. The lowest BCUT2D eigenvalue weighted by Crippen LogP contribution is -2.42. The van der Waals surface area contributed by atoms with Gasteiger partial charge in [0.1, 0.15) is 16.0 Å². The highest BCUT2D eigenvalue weighted by Crippen LogP contribution is 2.44. The highest BCUT2D eigenvalue weighted by Gasteiger charge is 2.58. The lowest BCUT2D eigenvalue weighted by atomic mass is 9.81. The number of aliphatic carboxylic acids is 1. The third-order valence-electron chi connectivity index (χ3n) is 5.02. The second-order valence-corrected chi connectivity index (χ2v) is 7.84. The van der Waals surface area contributed by atoms with E-state index in [1.165, 1.54) is 11.3 Å². The van der Waals surface area contributed by atoms with Crippen LogP contribution in [0.3, 0.4) is 0 Å². The molecule has 1 amide bonds. The summed E-state index contributed by atoms with van der Waals surface area (Å²) < 4.78 is 5.29. The number of ether oxygens (including phenoxy) is 1. The van der Waals surface area contributed by atoms with Crippen molar-refractivity contribution in [3.05, 3.63) is 28.5 Å². The van der Waals surface area contributed by atoms with E-state index in [2.05, 4.69) is 11.5 Å². The minimum atomic E-state index is -0.877. The molecule has 3 heterocycles. The Balaban J connectivity index is 1.83. The van der Waals surface area contributed by atoms with Crippen LogP contribution in [0.2, 0.25) is 0 Å². The first kappa shape index (κ1) is 17.0. The van der Waals surface area contributed by atoms with Crippen molar-refractivity contribution in [1.82, 2.24) is 9.80 Å². The summed E-state index contributed by atoms with van der Waals surface area (Å²) in [6.45, 7) is 8.19. The van der Waals surface area contributed by atoms with Crippen molar-refractivity contribution in [1.29, 1.82) is 0 Å². The van der Waals surface area contributed by atoms with Gasteiger partial charge in [0.05, 0.1) is 7.11 Å². The summed E-state index contributed by atoms with van der Waals surface area (Å²) in [5.41, 5.74) is -0.877. The molecule has 130 valence electrons. The predicted molar refractivity (Wildman–Crippen MR) is 91.7 cm³/mol. The van der Waals surface area contributed by atoms with Gasteiger partial charge in [0.25, 0.3) is 5.91 Å². The van der Waals surface area contributed by atoms with Gasteiger partial charge in [-0.2, -0.15) is 0 Å². The Bertz CT molecular complexity index is 686. The molecule has 0 aromatic carbocycles. The van der Waals surface area contributed by atoms with Crippen molar-refractivity contribution in [2.45, 2.75) is 6.92 Å². The maximum atomic E-state index is 12.9. The van der Waals surface area contributed by atoms with Gasteiger partial charge >= 0.3 is 5.97 Å². The number of carbonyl (C=O) groups is 2. The van der Waals surface area contributed by atoms with Crippen molar-refractivity contribution in [3.63, 3.8) is 0 Å². The van der Waals surface area contributed by atoms with E-state index in [9.17, 15) is 14.7 Å². The standard InChI is InChI=1S/C17H22N2O4S/c1-4-5-18-7-12-8-19(10-17(12,9-18)16(21)22)15(20)14-13(23-3)6-11(2)24-14/h4,6,12H,1,5,7-10H2,2-3H3,(H,21,22)/t12-,17-/m0/s1. The summed E-state index contributed by atoms with van der Waals surface area (Å²) in [6.07, 6.45) is 1.79. The largest absolute Gasteiger partial charge is 0.495 e. The maximum Gasteiger partial charge on any atom is 0.313 e. The third kappa shape index (κ3) is 2.61. The number of fused-ring (bicyclic) bond motifs is 1. The van der Waals surface area contributed by atoms with E-state index in [0.717, 1.165) is 4.88 Å². The second kappa shape index (κ2) is 6.22. The molecule has 1 N–H and O–H groups in total. The number of carboxylic acid groups (broad SMARTS) is 1. The molecule has 2 aliphatic heterocycles.